The van der Waals surface area contributed by atoms with Crippen LogP contribution in [-0.4, -0.2) is 48.1 Å². The van der Waals surface area contributed by atoms with Crippen molar-refractivity contribution in [2.24, 2.45) is 22.5 Å². The quantitative estimate of drug-likeness (QED) is 0.297. The first-order chi connectivity index (χ1) is 15.9. The summed E-state index contributed by atoms with van der Waals surface area (Å²) in [5.74, 6) is -0.855. The number of hydrogen-bond donors (Lipinski definition) is 3. The summed E-state index contributed by atoms with van der Waals surface area (Å²) in [7, 11) is 1.56. The standard InChI is InChI=1S/C26H42N2O5S/c1-7-18(2)21-10-8-9-20(13-21)15-33-11-12-34-17-26(5,24(32)28-6)16-25(4,23(27)31)14-19(3)22(29)30/h8-10,13,18-19H,7,11-12,14-17H2,1-6H3,(H2,27,31)(H,28,32)(H,29,30). The molecule has 0 fully saturated rings. The van der Waals surface area contributed by atoms with Gasteiger partial charge < -0.3 is 20.9 Å². The molecule has 4 atom stereocenters. The zero-order chi connectivity index (χ0) is 25.9. The number of primary amides is 1. The molecule has 8 heteroatoms. The van der Waals surface area contributed by atoms with Crippen molar-refractivity contribution in [3.63, 3.8) is 0 Å². The third kappa shape index (κ3) is 8.95. The number of nitrogens with one attached hydrogen (secondary N) is 1. The van der Waals surface area contributed by atoms with Crippen LogP contribution in [0.5, 0.6) is 0 Å². The van der Waals surface area contributed by atoms with Crippen molar-refractivity contribution < 1.29 is 24.2 Å². The number of carboxylic acids is 1. The third-order valence-corrected chi connectivity index (χ3v) is 7.82. The molecule has 0 saturated carbocycles. The third-order valence-electron chi connectivity index (χ3n) is 6.52. The van der Waals surface area contributed by atoms with Gasteiger partial charge in [0.15, 0.2) is 0 Å². The molecule has 4 N–H and O–H groups in total. The lowest BCUT2D eigenvalue weighted by atomic mass is 9.69. The van der Waals surface area contributed by atoms with Gasteiger partial charge in [-0.2, -0.15) is 11.8 Å². The number of benzene rings is 1. The van der Waals surface area contributed by atoms with E-state index in [1.54, 1.807) is 39.6 Å². The highest BCUT2D eigenvalue weighted by Gasteiger charge is 2.44. The van der Waals surface area contributed by atoms with Gasteiger partial charge in [0.1, 0.15) is 0 Å². The lowest BCUT2D eigenvalue weighted by molar-refractivity contribution is -0.143. The van der Waals surface area contributed by atoms with E-state index in [0.29, 0.717) is 30.6 Å². The molecule has 4 unspecified atom stereocenters. The Balaban J connectivity index is 2.69. The van der Waals surface area contributed by atoms with E-state index in [1.165, 1.54) is 5.56 Å². The summed E-state index contributed by atoms with van der Waals surface area (Å²) >= 11 is 1.57. The minimum Gasteiger partial charge on any atom is -0.481 e. The number of thioether (sulfide) groups is 1. The second kappa shape index (κ2) is 13.7. The van der Waals surface area contributed by atoms with Crippen molar-refractivity contribution in [1.29, 1.82) is 0 Å². The van der Waals surface area contributed by atoms with Gasteiger partial charge in [0, 0.05) is 24.0 Å². The van der Waals surface area contributed by atoms with Crippen molar-refractivity contribution in [3.05, 3.63) is 35.4 Å². The summed E-state index contributed by atoms with van der Waals surface area (Å²) in [4.78, 5) is 36.4. The summed E-state index contributed by atoms with van der Waals surface area (Å²) < 4.78 is 5.85. The van der Waals surface area contributed by atoms with E-state index in [2.05, 4.69) is 43.4 Å². The molecule has 1 aromatic rings. The molecule has 0 aliphatic rings. The van der Waals surface area contributed by atoms with Crippen LogP contribution in [0, 0.1) is 16.7 Å². The molecule has 0 aromatic heterocycles. The SMILES string of the molecule is CCC(C)c1cccc(COCCSCC(C)(CC(C)(CC(C)C(=O)O)C(N)=O)C(=O)NC)c1. The topological polar surface area (TPSA) is 119 Å². The second-order valence-electron chi connectivity index (χ2n) is 9.84. The number of aliphatic carboxylic acids is 1. The minimum absolute atomic E-state index is 0.0771. The van der Waals surface area contributed by atoms with Gasteiger partial charge in [0.2, 0.25) is 11.8 Å². The van der Waals surface area contributed by atoms with E-state index >= 15 is 0 Å². The highest BCUT2D eigenvalue weighted by Crippen LogP contribution is 2.41. The fraction of sp³-hybridized carbons (Fsp3) is 0.654. The lowest BCUT2D eigenvalue weighted by Crippen LogP contribution is -2.47. The fourth-order valence-corrected chi connectivity index (χ4v) is 5.28. The number of nitrogens with two attached hydrogens (primary N) is 1. The van der Waals surface area contributed by atoms with E-state index in [-0.39, 0.29) is 18.7 Å². The molecule has 7 nitrogen and oxygen atoms in total. The summed E-state index contributed by atoms with van der Waals surface area (Å²) in [6.07, 6.45) is 1.34. The summed E-state index contributed by atoms with van der Waals surface area (Å²) in [6, 6.07) is 8.45. The normalized spacial score (nSPS) is 16.6. The van der Waals surface area contributed by atoms with Gasteiger partial charge in [0.05, 0.1) is 24.5 Å². The predicted molar refractivity (Wildman–Crippen MR) is 138 cm³/mol. The molecule has 0 heterocycles. The largest absolute Gasteiger partial charge is 0.481 e. The van der Waals surface area contributed by atoms with Gasteiger partial charge in [-0.1, -0.05) is 52.0 Å². The molecule has 0 saturated heterocycles. The average molecular weight is 495 g/mol. The van der Waals surface area contributed by atoms with E-state index in [1.807, 2.05) is 0 Å². The van der Waals surface area contributed by atoms with Crippen molar-refractivity contribution in [3.8, 4) is 0 Å². The Labute approximate surface area is 208 Å². The Morgan fingerprint density at radius 3 is 2.44 bits per heavy atom. The van der Waals surface area contributed by atoms with Crippen LogP contribution in [0.2, 0.25) is 0 Å². The predicted octanol–water partition coefficient (Wildman–Crippen LogP) is 4.19. The van der Waals surface area contributed by atoms with Gasteiger partial charge in [-0.25, -0.2) is 0 Å². The van der Waals surface area contributed by atoms with E-state index in [4.69, 9.17) is 10.5 Å². The number of rotatable bonds is 16. The molecule has 0 spiro atoms. The number of carbonyl (C=O) groups is 3. The van der Waals surface area contributed by atoms with Gasteiger partial charge in [-0.05, 0) is 43.2 Å². The van der Waals surface area contributed by atoms with Gasteiger partial charge >= 0.3 is 5.97 Å². The van der Waals surface area contributed by atoms with Crippen molar-refractivity contribution in [2.75, 3.05) is 25.2 Å². The van der Waals surface area contributed by atoms with E-state index in [9.17, 15) is 19.5 Å². The molecule has 0 bridgehead atoms. The van der Waals surface area contributed by atoms with Crippen LogP contribution in [0.3, 0.4) is 0 Å². The highest BCUT2D eigenvalue weighted by molar-refractivity contribution is 7.99. The maximum atomic E-state index is 12.7. The molecule has 1 rings (SSSR count). The average Bonchev–Trinajstić information content (AvgIpc) is 2.79. The maximum absolute atomic E-state index is 12.7. The number of hydrogen-bond acceptors (Lipinski definition) is 5. The van der Waals surface area contributed by atoms with Crippen LogP contribution in [-0.2, 0) is 25.7 Å². The van der Waals surface area contributed by atoms with Gasteiger partial charge in [0.25, 0.3) is 0 Å². The number of ether oxygens (including phenoxy) is 1. The fourth-order valence-electron chi connectivity index (χ4n) is 4.21. The number of carbonyl (C=O) groups excluding carboxylic acids is 2. The van der Waals surface area contributed by atoms with Crippen molar-refractivity contribution >= 4 is 29.5 Å². The summed E-state index contributed by atoms with van der Waals surface area (Å²) in [5.41, 5.74) is 6.12. The minimum atomic E-state index is -1.11. The van der Waals surface area contributed by atoms with Crippen LogP contribution in [0.1, 0.15) is 70.9 Å². The van der Waals surface area contributed by atoms with Crippen LogP contribution >= 0.6 is 11.8 Å². The first kappa shape index (κ1) is 30.0. The molecule has 0 radical (unpaired) electrons. The van der Waals surface area contributed by atoms with Crippen LogP contribution in [0.25, 0.3) is 0 Å². The Morgan fingerprint density at radius 1 is 1.21 bits per heavy atom. The Kier molecular flexibility index (Phi) is 12.1. The van der Waals surface area contributed by atoms with E-state index < -0.39 is 28.6 Å². The maximum Gasteiger partial charge on any atom is 0.306 e. The lowest BCUT2D eigenvalue weighted by Gasteiger charge is -2.37. The molecular weight excluding hydrogens is 452 g/mol. The first-order valence-electron chi connectivity index (χ1n) is 11.9. The van der Waals surface area contributed by atoms with Crippen LogP contribution in [0.4, 0.5) is 0 Å². The highest BCUT2D eigenvalue weighted by atomic mass is 32.2. The second-order valence-corrected chi connectivity index (χ2v) is 10.9. The zero-order valence-electron chi connectivity index (χ0n) is 21.5. The van der Waals surface area contributed by atoms with Crippen molar-refractivity contribution in [2.45, 2.75) is 66.4 Å². The molecule has 0 aliphatic heterocycles. The first-order valence-corrected chi connectivity index (χ1v) is 13.0. The Morgan fingerprint density at radius 2 is 1.88 bits per heavy atom. The summed E-state index contributed by atoms with van der Waals surface area (Å²) in [5, 5.41) is 12.0. The molecule has 1 aromatic carbocycles. The zero-order valence-corrected chi connectivity index (χ0v) is 22.3. The Hall–Kier alpha value is -2.06. The van der Waals surface area contributed by atoms with Crippen LogP contribution in [0.15, 0.2) is 24.3 Å². The molecule has 0 aliphatic carbocycles. The molecule has 2 amide bonds. The van der Waals surface area contributed by atoms with Gasteiger partial charge in [-0.3, -0.25) is 14.4 Å². The van der Waals surface area contributed by atoms with Crippen LogP contribution < -0.4 is 11.1 Å². The molecular formula is C26H42N2O5S. The van der Waals surface area contributed by atoms with Crippen molar-refractivity contribution in [1.82, 2.24) is 5.32 Å². The smallest absolute Gasteiger partial charge is 0.306 e. The number of amides is 2. The summed E-state index contributed by atoms with van der Waals surface area (Å²) in [6.45, 7) is 10.5. The van der Waals surface area contributed by atoms with Gasteiger partial charge in [-0.15, -0.1) is 0 Å². The van der Waals surface area contributed by atoms with E-state index in [0.717, 1.165) is 12.0 Å². The molecule has 192 valence electrons. The molecule has 34 heavy (non-hydrogen) atoms. The Bertz CT molecular complexity index is 833. The number of carboxylic acid groups (broad SMARTS) is 1. The monoisotopic (exact) mass is 494 g/mol.